The highest BCUT2D eigenvalue weighted by atomic mass is 35.5. The fourth-order valence-electron chi connectivity index (χ4n) is 2.99. The molecule has 0 spiro atoms. The summed E-state index contributed by atoms with van der Waals surface area (Å²) >= 11 is 0. The summed E-state index contributed by atoms with van der Waals surface area (Å²) in [6.07, 6.45) is 2.73. The first kappa shape index (κ1) is 24.2. The highest BCUT2D eigenvalue weighted by Crippen LogP contribution is 2.23. The highest BCUT2D eigenvalue weighted by molar-refractivity contribution is 5.85. The van der Waals surface area contributed by atoms with Crippen LogP contribution in [0.25, 0.3) is 0 Å². The zero-order chi connectivity index (χ0) is 19.3. The minimum Gasteiger partial charge on any atom is -0.497 e. The van der Waals surface area contributed by atoms with E-state index in [9.17, 15) is 0 Å². The van der Waals surface area contributed by atoms with Crippen molar-refractivity contribution in [2.75, 3.05) is 46.6 Å². The second-order valence-corrected chi connectivity index (χ2v) is 6.48. The Bertz CT molecular complexity index is 645. The van der Waals surface area contributed by atoms with Crippen molar-refractivity contribution in [3.8, 4) is 11.5 Å². The lowest BCUT2D eigenvalue weighted by atomic mass is 10.0. The number of aliphatic hydroxyl groups is 2. The van der Waals surface area contributed by atoms with Gasteiger partial charge < -0.3 is 19.7 Å². The largest absolute Gasteiger partial charge is 0.497 e. The minimum absolute atomic E-state index is 0. The summed E-state index contributed by atoms with van der Waals surface area (Å²) < 4.78 is 11.2. The number of unbranched alkanes of at least 4 members (excludes halogenated alkanes) is 1. The van der Waals surface area contributed by atoms with E-state index in [4.69, 9.17) is 19.7 Å². The monoisotopic (exact) mass is 409 g/mol. The van der Waals surface area contributed by atoms with Gasteiger partial charge >= 0.3 is 0 Å². The summed E-state index contributed by atoms with van der Waals surface area (Å²) in [5.41, 5.74) is 2.39. The molecule has 0 heterocycles. The van der Waals surface area contributed by atoms with E-state index in [2.05, 4.69) is 23.1 Å². The number of nitrogens with zero attached hydrogens (tertiary/aromatic N) is 1. The Labute approximate surface area is 174 Å². The average molecular weight is 410 g/mol. The summed E-state index contributed by atoms with van der Waals surface area (Å²) in [6, 6.07) is 16.3. The number of halogens is 1. The van der Waals surface area contributed by atoms with Gasteiger partial charge in [-0.2, -0.15) is 0 Å². The summed E-state index contributed by atoms with van der Waals surface area (Å²) in [6.45, 7) is 2.96. The number of methoxy groups -OCH3 is 1. The molecular formula is C22H32ClNO4. The zero-order valence-electron chi connectivity index (χ0n) is 16.5. The average Bonchev–Trinajstić information content (AvgIpc) is 2.70. The van der Waals surface area contributed by atoms with Gasteiger partial charge in [0.05, 0.1) is 26.9 Å². The van der Waals surface area contributed by atoms with Crippen LogP contribution in [0.2, 0.25) is 0 Å². The molecule has 28 heavy (non-hydrogen) atoms. The van der Waals surface area contributed by atoms with E-state index < -0.39 is 0 Å². The standard InChI is InChI=1S/C22H31NO4.ClH/c1-26-21-10-8-19(9-11-21)18-20-6-2-3-7-22(20)27-17-5-4-12-23(13-15-24)14-16-25;/h2-3,6-11,24-25H,4-5,12-18H2,1H3;1H. The van der Waals surface area contributed by atoms with Crippen molar-refractivity contribution < 1.29 is 19.7 Å². The Morgan fingerprint density at radius 2 is 1.54 bits per heavy atom. The van der Waals surface area contributed by atoms with Gasteiger partial charge in [0.25, 0.3) is 0 Å². The van der Waals surface area contributed by atoms with Crippen LogP contribution in [0, 0.1) is 0 Å². The second-order valence-electron chi connectivity index (χ2n) is 6.48. The highest BCUT2D eigenvalue weighted by Gasteiger charge is 2.06. The Balaban J connectivity index is 0.00000392. The minimum atomic E-state index is 0. The van der Waals surface area contributed by atoms with Crippen molar-refractivity contribution in [2.45, 2.75) is 19.3 Å². The van der Waals surface area contributed by atoms with Crippen molar-refractivity contribution in [1.82, 2.24) is 4.90 Å². The smallest absolute Gasteiger partial charge is 0.122 e. The van der Waals surface area contributed by atoms with Gasteiger partial charge in [0, 0.05) is 19.5 Å². The number of para-hydroxylation sites is 1. The molecule has 2 rings (SSSR count). The van der Waals surface area contributed by atoms with Gasteiger partial charge in [0.2, 0.25) is 0 Å². The molecule has 0 saturated carbocycles. The molecule has 0 aliphatic carbocycles. The van der Waals surface area contributed by atoms with E-state index in [1.54, 1.807) is 7.11 Å². The molecule has 2 aromatic rings. The molecule has 0 aliphatic rings. The molecule has 0 bridgehead atoms. The number of rotatable bonds is 13. The first-order valence-electron chi connectivity index (χ1n) is 9.54. The summed E-state index contributed by atoms with van der Waals surface area (Å²) in [7, 11) is 1.67. The molecule has 0 saturated heterocycles. The zero-order valence-corrected chi connectivity index (χ0v) is 17.4. The number of aliphatic hydroxyl groups excluding tert-OH is 2. The third kappa shape index (κ3) is 8.48. The third-order valence-electron chi connectivity index (χ3n) is 4.48. The van der Waals surface area contributed by atoms with Crippen LogP contribution in [0.4, 0.5) is 0 Å². The molecule has 2 aromatic carbocycles. The number of benzene rings is 2. The number of ether oxygens (including phenoxy) is 2. The Kier molecular flexibility index (Phi) is 12.3. The molecule has 0 atom stereocenters. The predicted octanol–water partition coefficient (Wildman–Crippen LogP) is 3.15. The van der Waals surface area contributed by atoms with E-state index in [0.717, 1.165) is 37.3 Å². The Morgan fingerprint density at radius 3 is 2.18 bits per heavy atom. The molecule has 156 valence electrons. The molecule has 0 aromatic heterocycles. The van der Waals surface area contributed by atoms with Gasteiger partial charge in [0.15, 0.2) is 0 Å². The van der Waals surface area contributed by atoms with E-state index in [0.29, 0.717) is 19.7 Å². The maximum absolute atomic E-state index is 9.04. The molecule has 0 aliphatic heterocycles. The lowest BCUT2D eigenvalue weighted by Gasteiger charge is -2.20. The van der Waals surface area contributed by atoms with Gasteiger partial charge in [-0.1, -0.05) is 30.3 Å². The molecule has 6 heteroatoms. The van der Waals surface area contributed by atoms with Gasteiger partial charge in [-0.25, -0.2) is 0 Å². The third-order valence-corrected chi connectivity index (χ3v) is 4.48. The maximum Gasteiger partial charge on any atom is 0.122 e. The van der Waals surface area contributed by atoms with E-state index in [1.165, 1.54) is 11.1 Å². The van der Waals surface area contributed by atoms with Crippen molar-refractivity contribution in [1.29, 1.82) is 0 Å². The van der Waals surface area contributed by atoms with Crippen LogP contribution in [-0.2, 0) is 6.42 Å². The van der Waals surface area contributed by atoms with Gasteiger partial charge in [-0.15, -0.1) is 12.4 Å². The fraction of sp³-hybridized carbons (Fsp3) is 0.455. The maximum atomic E-state index is 9.04. The van der Waals surface area contributed by atoms with E-state index in [1.807, 2.05) is 30.3 Å². The van der Waals surface area contributed by atoms with E-state index >= 15 is 0 Å². The molecule has 0 amide bonds. The fourth-order valence-corrected chi connectivity index (χ4v) is 2.99. The molecule has 0 fully saturated rings. The van der Waals surface area contributed by atoms with Crippen molar-refractivity contribution in [3.05, 3.63) is 59.7 Å². The summed E-state index contributed by atoms with van der Waals surface area (Å²) in [4.78, 5) is 2.07. The number of hydrogen-bond acceptors (Lipinski definition) is 5. The Morgan fingerprint density at radius 1 is 0.857 bits per heavy atom. The predicted molar refractivity (Wildman–Crippen MR) is 115 cm³/mol. The molecular weight excluding hydrogens is 378 g/mol. The van der Waals surface area contributed by atoms with E-state index in [-0.39, 0.29) is 25.6 Å². The van der Waals surface area contributed by atoms with Crippen molar-refractivity contribution in [2.24, 2.45) is 0 Å². The van der Waals surface area contributed by atoms with Crippen LogP contribution in [0.1, 0.15) is 24.0 Å². The lowest BCUT2D eigenvalue weighted by Crippen LogP contribution is -2.31. The van der Waals surface area contributed by atoms with Gasteiger partial charge in [0.1, 0.15) is 11.5 Å². The molecule has 0 radical (unpaired) electrons. The second kappa shape index (κ2) is 14.2. The van der Waals surface area contributed by atoms with Crippen LogP contribution >= 0.6 is 12.4 Å². The van der Waals surface area contributed by atoms with Crippen LogP contribution in [0.3, 0.4) is 0 Å². The topological polar surface area (TPSA) is 62.2 Å². The lowest BCUT2D eigenvalue weighted by molar-refractivity contribution is 0.157. The first-order chi connectivity index (χ1) is 13.3. The van der Waals surface area contributed by atoms with Crippen molar-refractivity contribution >= 4 is 12.4 Å². The van der Waals surface area contributed by atoms with Crippen LogP contribution in [-0.4, -0.2) is 61.7 Å². The summed E-state index contributed by atoms with van der Waals surface area (Å²) in [5.74, 6) is 1.79. The molecule has 5 nitrogen and oxygen atoms in total. The van der Waals surface area contributed by atoms with Crippen LogP contribution in [0.5, 0.6) is 11.5 Å². The number of hydrogen-bond donors (Lipinski definition) is 2. The molecule has 2 N–H and O–H groups in total. The summed E-state index contributed by atoms with van der Waals surface area (Å²) in [5, 5.41) is 18.1. The Hall–Kier alpha value is -1.79. The van der Waals surface area contributed by atoms with Crippen LogP contribution < -0.4 is 9.47 Å². The molecule has 0 unspecified atom stereocenters. The van der Waals surface area contributed by atoms with Gasteiger partial charge in [-0.05, 0) is 48.7 Å². The first-order valence-corrected chi connectivity index (χ1v) is 9.54. The van der Waals surface area contributed by atoms with Crippen molar-refractivity contribution in [3.63, 3.8) is 0 Å². The quantitative estimate of drug-likeness (QED) is 0.497. The SMILES string of the molecule is COc1ccc(Cc2ccccc2OCCCCN(CCO)CCO)cc1.Cl. The van der Waals surface area contributed by atoms with Crippen LogP contribution in [0.15, 0.2) is 48.5 Å². The van der Waals surface area contributed by atoms with Gasteiger partial charge in [-0.3, -0.25) is 4.90 Å². The normalized spacial score (nSPS) is 10.6.